The number of methoxy groups -OCH3 is 1. The van der Waals surface area contributed by atoms with Crippen LogP contribution in [0.4, 0.5) is 0 Å². The van der Waals surface area contributed by atoms with Crippen LogP contribution in [0.3, 0.4) is 0 Å². The van der Waals surface area contributed by atoms with Crippen molar-refractivity contribution in [2.24, 2.45) is 0 Å². The molecule has 146 valence electrons. The standard InChI is InChI=1S/C22H25N3O2S/c1-27-19-10-4-2-7-16(19)13-23-21(26)15-25-12-6-8-17(14-25)22-24-18-9-3-5-11-20(18)28-22/h2-5,7,9-11,17H,6,8,12-15H2,1H3,(H,23,26)/t17-/m1/s1. The number of likely N-dealkylation sites (tertiary alicyclic amines) is 1. The minimum absolute atomic E-state index is 0.0517. The zero-order valence-corrected chi connectivity index (χ0v) is 16.9. The Kier molecular flexibility index (Phi) is 5.88. The van der Waals surface area contributed by atoms with Gasteiger partial charge in [0, 0.05) is 24.6 Å². The van der Waals surface area contributed by atoms with Gasteiger partial charge in [0.1, 0.15) is 5.75 Å². The number of para-hydroxylation sites is 2. The predicted octanol–water partition coefficient (Wildman–Crippen LogP) is 3.80. The van der Waals surface area contributed by atoms with Crippen molar-refractivity contribution in [1.82, 2.24) is 15.2 Å². The number of nitrogens with one attached hydrogen (secondary N) is 1. The third-order valence-corrected chi connectivity index (χ3v) is 6.40. The van der Waals surface area contributed by atoms with Crippen molar-refractivity contribution in [3.63, 3.8) is 0 Å². The fraction of sp³-hybridized carbons (Fsp3) is 0.364. The molecule has 1 N–H and O–H groups in total. The first-order valence-corrected chi connectivity index (χ1v) is 10.5. The molecule has 2 aromatic carbocycles. The lowest BCUT2D eigenvalue weighted by atomic mass is 9.99. The number of aromatic nitrogens is 1. The number of carbonyl (C=O) groups is 1. The second-order valence-electron chi connectivity index (χ2n) is 7.18. The predicted molar refractivity (Wildman–Crippen MR) is 113 cm³/mol. The molecular formula is C22H25N3O2S. The molecule has 4 rings (SSSR count). The number of benzene rings is 2. The number of amides is 1. The van der Waals surface area contributed by atoms with E-state index in [9.17, 15) is 4.79 Å². The number of carbonyl (C=O) groups excluding carboxylic acids is 1. The van der Waals surface area contributed by atoms with E-state index in [0.29, 0.717) is 19.0 Å². The second kappa shape index (κ2) is 8.71. The summed E-state index contributed by atoms with van der Waals surface area (Å²) in [5.74, 6) is 1.26. The lowest BCUT2D eigenvalue weighted by Gasteiger charge is -2.31. The summed E-state index contributed by atoms with van der Waals surface area (Å²) in [4.78, 5) is 19.5. The summed E-state index contributed by atoms with van der Waals surface area (Å²) >= 11 is 1.78. The Balaban J connectivity index is 1.33. The molecule has 1 aliphatic heterocycles. The number of rotatable bonds is 6. The van der Waals surface area contributed by atoms with E-state index in [0.717, 1.165) is 42.8 Å². The molecular weight excluding hydrogens is 370 g/mol. The van der Waals surface area contributed by atoms with Crippen molar-refractivity contribution in [1.29, 1.82) is 0 Å². The molecule has 1 saturated heterocycles. The van der Waals surface area contributed by atoms with Crippen LogP contribution in [0.1, 0.15) is 29.3 Å². The molecule has 0 radical (unpaired) electrons. The first kappa shape index (κ1) is 18.9. The van der Waals surface area contributed by atoms with Gasteiger partial charge in [0.15, 0.2) is 0 Å². The maximum Gasteiger partial charge on any atom is 0.234 e. The van der Waals surface area contributed by atoms with Gasteiger partial charge in [-0.25, -0.2) is 4.98 Å². The Morgan fingerprint density at radius 3 is 2.93 bits per heavy atom. The lowest BCUT2D eigenvalue weighted by molar-refractivity contribution is -0.122. The first-order chi connectivity index (χ1) is 13.7. The third-order valence-electron chi connectivity index (χ3n) is 5.20. The number of hydrogen-bond acceptors (Lipinski definition) is 5. The third kappa shape index (κ3) is 4.34. The molecule has 28 heavy (non-hydrogen) atoms. The Bertz CT molecular complexity index is 923. The van der Waals surface area contributed by atoms with Crippen LogP contribution in [-0.2, 0) is 11.3 Å². The number of nitrogens with zero attached hydrogens (tertiary/aromatic N) is 2. The molecule has 3 aromatic rings. The first-order valence-electron chi connectivity index (χ1n) is 9.69. The maximum atomic E-state index is 12.5. The zero-order valence-electron chi connectivity index (χ0n) is 16.1. The van der Waals surface area contributed by atoms with Gasteiger partial charge in [-0.2, -0.15) is 0 Å². The van der Waals surface area contributed by atoms with Crippen molar-refractivity contribution in [2.45, 2.75) is 25.3 Å². The zero-order chi connectivity index (χ0) is 19.3. The number of hydrogen-bond donors (Lipinski definition) is 1. The Labute approximate surface area is 169 Å². The molecule has 1 atom stereocenters. The minimum Gasteiger partial charge on any atom is -0.496 e. The summed E-state index contributed by atoms with van der Waals surface area (Å²) in [5, 5.41) is 4.22. The number of thiazole rings is 1. The van der Waals surface area contributed by atoms with Gasteiger partial charge in [0.2, 0.25) is 5.91 Å². The molecule has 0 aliphatic carbocycles. The molecule has 0 spiro atoms. The molecule has 5 nitrogen and oxygen atoms in total. The Morgan fingerprint density at radius 2 is 2.07 bits per heavy atom. The van der Waals surface area contributed by atoms with E-state index in [1.54, 1.807) is 18.4 Å². The fourth-order valence-electron chi connectivity index (χ4n) is 3.77. The van der Waals surface area contributed by atoms with Gasteiger partial charge in [0.05, 0.1) is 28.9 Å². The molecule has 0 unspecified atom stereocenters. The highest BCUT2D eigenvalue weighted by molar-refractivity contribution is 7.18. The summed E-state index contributed by atoms with van der Waals surface area (Å²) in [6, 6.07) is 16.1. The van der Waals surface area contributed by atoms with Crippen LogP contribution >= 0.6 is 11.3 Å². The van der Waals surface area contributed by atoms with Crippen LogP contribution in [-0.4, -0.2) is 42.5 Å². The number of ether oxygens (including phenoxy) is 1. The van der Waals surface area contributed by atoms with Crippen molar-refractivity contribution >= 4 is 27.5 Å². The summed E-state index contributed by atoms with van der Waals surface area (Å²) in [7, 11) is 1.65. The summed E-state index contributed by atoms with van der Waals surface area (Å²) in [6.07, 6.45) is 2.24. The van der Waals surface area contributed by atoms with E-state index >= 15 is 0 Å². The van der Waals surface area contributed by atoms with E-state index in [2.05, 4.69) is 28.4 Å². The molecule has 6 heteroatoms. The van der Waals surface area contributed by atoms with Crippen molar-refractivity contribution in [3.8, 4) is 5.75 Å². The van der Waals surface area contributed by atoms with Gasteiger partial charge in [-0.15, -0.1) is 11.3 Å². The smallest absolute Gasteiger partial charge is 0.234 e. The van der Waals surface area contributed by atoms with Gasteiger partial charge in [0.25, 0.3) is 0 Å². The van der Waals surface area contributed by atoms with Gasteiger partial charge < -0.3 is 10.1 Å². The maximum absolute atomic E-state index is 12.5. The molecule has 0 bridgehead atoms. The van der Waals surface area contributed by atoms with Crippen molar-refractivity contribution in [3.05, 3.63) is 59.1 Å². The van der Waals surface area contributed by atoms with Crippen LogP contribution in [0.25, 0.3) is 10.2 Å². The average Bonchev–Trinajstić information content (AvgIpc) is 3.17. The molecule has 0 saturated carbocycles. The minimum atomic E-state index is 0.0517. The molecule has 1 aromatic heterocycles. The second-order valence-corrected chi connectivity index (χ2v) is 8.24. The molecule has 1 amide bonds. The average molecular weight is 396 g/mol. The normalized spacial score (nSPS) is 17.5. The van der Waals surface area contributed by atoms with Gasteiger partial charge in [-0.05, 0) is 37.6 Å². The van der Waals surface area contributed by atoms with Crippen LogP contribution in [0, 0.1) is 0 Å². The van der Waals surface area contributed by atoms with Crippen LogP contribution in [0.5, 0.6) is 5.75 Å². The molecule has 1 aliphatic rings. The van der Waals surface area contributed by atoms with E-state index in [4.69, 9.17) is 9.72 Å². The molecule has 2 heterocycles. The summed E-state index contributed by atoms with van der Waals surface area (Å²) < 4.78 is 6.59. The highest BCUT2D eigenvalue weighted by Gasteiger charge is 2.25. The number of fused-ring (bicyclic) bond motifs is 1. The van der Waals surface area contributed by atoms with E-state index in [1.807, 2.05) is 30.3 Å². The highest BCUT2D eigenvalue weighted by Crippen LogP contribution is 2.32. The topological polar surface area (TPSA) is 54.5 Å². The Morgan fingerprint density at radius 1 is 1.25 bits per heavy atom. The summed E-state index contributed by atoms with van der Waals surface area (Å²) in [6.45, 7) is 2.76. The monoisotopic (exact) mass is 395 g/mol. The van der Waals surface area contributed by atoms with Crippen LogP contribution in [0.2, 0.25) is 0 Å². The van der Waals surface area contributed by atoms with Gasteiger partial charge >= 0.3 is 0 Å². The van der Waals surface area contributed by atoms with Gasteiger partial charge in [-0.1, -0.05) is 30.3 Å². The lowest BCUT2D eigenvalue weighted by Crippen LogP contribution is -2.41. The van der Waals surface area contributed by atoms with Gasteiger partial charge in [-0.3, -0.25) is 9.69 Å². The largest absolute Gasteiger partial charge is 0.496 e. The summed E-state index contributed by atoms with van der Waals surface area (Å²) in [5.41, 5.74) is 2.07. The Hall–Kier alpha value is -2.44. The van der Waals surface area contributed by atoms with E-state index in [1.165, 1.54) is 9.71 Å². The van der Waals surface area contributed by atoms with Crippen molar-refractivity contribution < 1.29 is 9.53 Å². The van der Waals surface area contributed by atoms with Crippen LogP contribution < -0.4 is 10.1 Å². The quantitative estimate of drug-likeness (QED) is 0.690. The van der Waals surface area contributed by atoms with Crippen LogP contribution in [0.15, 0.2) is 48.5 Å². The highest BCUT2D eigenvalue weighted by atomic mass is 32.1. The number of piperidine rings is 1. The van der Waals surface area contributed by atoms with Crippen molar-refractivity contribution in [2.75, 3.05) is 26.7 Å². The SMILES string of the molecule is COc1ccccc1CNC(=O)CN1CCC[C@@H](c2nc3ccccc3s2)C1. The van der Waals surface area contributed by atoms with E-state index < -0.39 is 0 Å². The van der Waals surface area contributed by atoms with E-state index in [-0.39, 0.29) is 5.91 Å². The molecule has 1 fully saturated rings. The fourth-order valence-corrected chi connectivity index (χ4v) is 4.86.